The van der Waals surface area contributed by atoms with E-state index < -0.39 is 17.9 Å². The molecule has 0 radical (unpaired) electrons. The molecule has 0 saturated carbocycles. The van der Waals surface area contributed by atoms with Gasteiger partial charge < -0.3 is 24.4 Å². The molecular weight excluding hydrogens is 467 g/mol. The topological polar surface area (TPSA) is 103 Å². The molecule has 182 valence electrons. The summed E-state index contributed by atoms with van der Waals surface area (Å²) in [5.41, 5.74) is 1.30. The molecule has 3 aromatic rings. The zero-order chi connectivity index (χ0) is 25.1. The number of likely N-dealkylation sites (N-methyl/N-ethyl adjacent to an activating group) is 1. The van der Waals surface area contributed by atoms with Crippen LogP contribution >= 0.6 is 0 Å². The maximum Gasteiger partial charge on any atom is 0.270 e. The minimum absolute atomic E-state index is 0.00783. The van der Waals surface area contributed by atoms with E-state index in [2.05, 4.69) is 27.1 Å². The van der Waals surface area contributed by atoms with Gasteiger partial charge in [0.1, 0.15) is 29.8 Å². The molecule has 9 nitrogen and oxygen atoms in total. The predicted octanol–water partition coefficient (Wildman–Crippen LogP) is 2.56. The summed E-state index contributed by atoms with van der Waals surface area (Å²) in [7, 11) is 1.61. The molecular formula is C26H21FN4O5. The molecule has 36 heavy (non-hydrogen) atoms. The standard InChI is InChI=1S/C26H21FN4O5/c1-31-21-11-16(4-5-17-13-34-14-17)6-7-22(21)35-15-20(26(31)33)30-25(32)19-12-18(8-10-28-19)36-23-3-2-9-29-24(23)27/h2-3,6-12,17,20H,13-15H2,1H3,(H,30,32). The van der Waals surface area contributed by atoms with Gasteiger partial charge >= 0.3 is 0 Å². The van der Waals surface area contributed by atoms with Gasteiger partial charge in [0.25, 0.3) is 17.8 Å². The van der Waals surface area contributed by atoms with Crippen molar-refractivity contribution in [1.82, 2.24) is 15.3 Å². The summed E-state index contributed by atoms with van der Waals surface area (Å²) in [6.07, 6.45) is 2.65. The molecule has 5 rings (SSSR count). The van der Waals surface area contributed by atoms with Crippen LogP contribution in [0.2, 0.25) is 0 Å². The smallest absolute Gasteiger partial charge is 0.270 e. The SMILES string of the molecule is CN1C(=O)C(NC(=O)c2cc(Oc3cccnc3F)ccn2)COc2ccc(C#CC3COC3)cc21. The first-order valence-electron chi connectivity index (χ1n) is 11.2. The van der Waals surface area contributed by atoms with Gasteiger partial charge in [-0.3, -0.25) is 14.6 Å². The molecule has 2 amide bonds. The Balaban J connectivity index is 1.29. The Morgan fingerprint density at radius 1 is 1.17 bits per heavy atom. The van der Waals surface area contributed by atoms with Crippen LogP contribution < -0.4 is 19.7 Å². The van der Waals surface area contributed by atoms with Crippen molar-refractivity contribution in [2.45, 2.75) is 6.04 Å². The third-order valence-corrected chi connectivity index (χ3v) is 5.64. The number of fused-ring (bicyclic) bond motifs is 1. The van der Waals surface area contributed by atoms with Crippen LogP contribution in [-0.2, 0) is 9.53 Å². The van der Waals surface area contributed by atoms with E-state index >= 15 is 0 Å². The normalized spacial score (nSPS) is 17.0. The molecule has 2 aromatic heterocycles. The third kappa shape index (κ3) is 4.96. The maximum atomic E-state index is 13.8. The number of carbonyl (C=O) groups excluding carboxylic acids is 2. The molecule has 1 fully saturated rings. The molecule has 1 saturated heterocycles. The van der Waals surface area contributed by atoms with Gasteiger partial charge in [0.2, 0.25) is 0 Å². The summed E-state index contributed by atoms with van der Waals surface area (Å²) in [5.74, 6) is 5.33. The van der Waals surface area contributed by atoms with E-state index in [1.54, 1.807) is 19.2 Å². The van der Waals surface area contributed by atoms with Gasteiger partial charge in [-0.15, -0.1) is 0 Å². The number of benzene rings is 1. The Labute approximate surface area is 206 Å². The molecule has 0 bridgehead atoms. The number of carbonyl (C=O) groups is 2. The van der Waals surface area contributed by atoms with E-state index in [1.165, 1.54) is 41.6 Å². The fraction of sp³-hybridized carbons (Fsp3) is 0.231. The number of nitrogens with zero attached hydrogens (tertiary/aromatic N) is 3. The van der Waals surface area contributed by atoms with Gasteiger partial charge in [-0.1, -0.05) is 11.8 Å². The number of pyridine rings is 2. The highest BCUT2D eigenvalue weighted by Crippen LogP contribution is 2.31. The number of halogens is 1. The maximum absolute atomic E-state index is 13.8. The van der Waals surface area contributed by atoms with E-state index in [0.717, 1.165) is 5.56 Å². The van der Waals surface area contributed by atoms with Crippen molar-refractivity contribution >= 4 is 17.5 Å². The molecule has 0 spiro atoms. The molecule has 1 unspecified atom stereocenters. The van der Waals surface area contributed by atoms with Crippen LogP contribution in [0.3, 0.4) is 0 Å². The summed E-state index contributed by atoms with van der Waals surface area (Å²) in [5, 5.41) is 2.66. The highest BCUT2D eigenvalue weighted by molar-refractivity contribution is 6.03. The Bertz CT molecular complexity index is 1380. The van der Waals surface area contributed by atoms with E-state index in [0.29, 0.717) is 24.7 Å². The minimum Gasteiger partial charge on any atom is -0.489 e. The Morgan fingerprint density at radius 3 is 2.81 bits per heavy atom. The average Bonchev–Trinajstić information content (AvgIpc) is 2.97. The molecule has 1 aromatic carbocycles. The van der Waals surface area contributed by atoms with Crippen molar-refractivity contribution in [2.24, 2.45) is 5.92 Å². The van der Waals surface area contributed by atoms with E-state index in [4.69, 9.17) is 14.2 Å². The monoisotopic (exact) mass is 488 g/mol. The molecule has 1 N–H and O–H groups in total. The summed E-state index contributed by atoms with van der Waals surface area (Å²) < 4.78 is 30.2. The van der Waals surface area contributed by atoms with Crippen molar-refractivity contribution in [1.29, 1.82) is 0 Å². The number of ether oxygens (including phenoxy) is 3. The Hall–Kier alpha value is -4.49. The number of nitrogens with one attached hydrogen (secondary N) is 1. The van der Waals surface area contributed by atoms with Gasteiger partial charge in [-0.2, -0.15) is 4.39 Å². The van der Waals surface area contributed by atoms with Gasteiger partial charge in [0.15, 0.2) is 5.75 Å². The lowest BCUT2D eigenvalue weighted by Crippen LogP contribution is -2.49. The second kappa shape index (κ2) is 10.0. The summed E-state index contributed by atoms with van der Waals surface area (Å²) in [4.78, 5) is 35.0. The number of anilines is 1. The summed E-state index contributed by atoms with van der Waals surface area (Å²) >= 11 is 0. The fourth-order valence-corrected chi connectivity index (χ4v) is 3.59. The van der Waals surface area contributed by atoms with Crippen LogP contribution in [0.1, 0.15) is 16.1 Å². The van der Waals surface area contributed by atoms with Gasteiger partial charge in [-0.25, -0.2) is 4.98 Å². The summed E-state index contributed by atoms with van der Waals surface area (Å²) in [6.45, 7) is 1.19. The quantitative estimate of drug-likeness (QED) is 0.445. The zero-order valence-electron chi connectivity index (χ0n) is 19.2. The number of amides is 2. The molecule has 10 heteroatoms. The first kappa shape index (κ1) is 23.3. The number of hydrogen-bond donors (Lipinski definition) is 1. The second-order valence-corrected chi connectivity index (χ2v) is 8.19. The molecule has 1 atom stereocenters. The number of hydrogen-bond acceptors (Lipinski definition) is 7. The molecule has 2 aliphatic heterocycles. The van der Waals surface area contributed by atoms with Gasteiger partial charge in [0, 0.05) is 31.1 Å². The van der Waals surface area contributed by atoms with Crippen molar-refractivity contribution in [3.8, 4) is 29.1 Å². The second-order valence-electron chi connectivity index (χ2n) is 8.19. The van der Waals surface area contributed by atoms with E-state index in [1.807, 2.05) is 6.07 Å². The third-order valence-electron chi connectivity index (χ3n) is 5.64. The van der Waals surface area contributed by atoms with E-state index in [9.17, 15) is 14.0 Å². The van der Waals surface area contributed by atoms with Crippen molar-refractivity contribution in [3.63, 3.8) is 0 Å². The predicted molar refractivity (Wildman–Crippen MR) is 126 cm³/mol. The first-order chi connectivity index (χ1) is 17.5. The van der Waals surface area contributed by atoms with Crippen molar-refractivity contribution in [2.75, 3.05) is 31.8 Å². The first-order valence-corrected chi connectivity index (χ1v) is 11.2. The van der Waals surface area contributed by atoms with Crippen molar-refractivity contribution < 1.29 is 28.2 Å². The van der Waals surface area contributed by atoms with E-state index in [-0.39, 0.29) is 35.6 Å². The average molecular weight is 488 g/mol. The number of rotatable bonds is 4. The lowest BCUT2D eigenvalue weighted by molar-refractivity contribution is -0.120. The van der Waals surface area contributed by atoms with Crippen LogP contribution in [-0.4, -0.2) is 54.7 Å². The fourth-order valence-electron chi connectivity index (χ4n) is 3.59. The van der Waals surface area contributed by atoms with Gasteiger partial charge in [-0.05, 0) is 36.4 Å². The van der Waals surface area contributed by atoms with Gasteiger partial charge in [0.05, 0.1) is 24.8 Å². The van der Waals surface area contributed by atoms with Crippen LogP contribution in [0.15, 0.2) is 54.9 Å². The molecule has 0 aliphatic carbocycles. The highest BCUT2D eigenvalue weighted by atomic mass is 19.1. The van der Waals surface area contributed by atoms with Crippen LogP contribution in [0, 0.1) is 23.7 Å². The zero-order valence-corrected chi connectivity index (χ0v) is 19.2. The Morgan fingerprint density at radius 2 is 2.03 bits per heavy atom. The highest BCUT2D eigenvalue weighted by Gasteiger charge is 2.31. The largest absolute Gasteiger partial charge is 0.489 e. The summed E-state index contributed by atoms with van der Waals surface area (Å²) in [6, 6.07) is 10.2. The molecule has 4 heterocycles. The number of aromatic nitrogens is 2. The van der Waals surface area contributed by atoms with Crippen LogP contribution in [0.4, 0.5) is 10.1 Å². The lowest BCUT2D eigenvalue weighted by atomic mass is 10.1. The molecule has 2 aliphatic rings. The lowest BCUT2D eigenvalue weighted by Gasteiger charge is -2.21. The van der Waals surface area contributed by atoms with Crippen LogP contribution in [0.25, 0.3) is 0 Å². The Kier molecular flexibility index (Phi) is 6.47. The van der Waals surface area contributed by atoms with Crippen LogP contribution in [0.5, 0.6) is 17.2 Å². The minimum atomic E-state index is -0.960. The van der Waals surface area contributed by atoms with Crippen molar-refractivity contribution in [3.05, 3.63) is 72.1 Å².